The molecule has 0 bridgehead atoms. The van der Waals surface area contributed by atoms with Gasteiger partial charge in [-0.3, -0.25) is 9.97 Å². The number of carbonyl (C=O) groups excluding carboxylic acids is 3. The van der Waals surface area contributed by atoms with Gasteiger partial charge < -0.3 is 88.8 Å². The van der Waals surface area contributed by atoms with E-state index in [1.54, 1.807) is 12.4 Å². The van der Waals surface area contributed by atoms with Crippen LogP contribution in [0, 0.1) is 23.2 Å². The average molecular weight is 1440 g/mol. The molecule has 99 heavy (non-hydrogen) atoms. The number of ether oxygens (including phenoxy) is 3. The van der Waals surface area contributed by atoms with Crippen LogP contribution in [0.3, 0.4) is 0 Å². The summed E-state index contributed by atoms with van der Waals surface area (Å²) in [4.78, 5) is 49.2. The molecule has 10 aromatic rings. The Hall–Kier alpha value is -8.41. The van der Waals surface area contributed by atoms with Crippen LogP contribution in [0.5, 0.6) is 0 Å². The van der Waals surface area contributed by atoms with Crippen molar-refractivity contribution in [1.82, 2.24) is 46.2 Å². The van der Waals surface area contributed by atoms with Crippen molar-refractivity contribution >= 4 is 89.3 Å². The van der Waals surface area contributed by atoms with Crippen molar-refractivity contribution in [3.05, 3.63) is 163 Å². The first-order valence-electron chi connectivity index (χ1n) is 32.4. The molecule has 13 N–H and O–H groups in total. The number of aromatic nitrogens is 6. The zero-order valence-corrected chi connectivity index (χ0v) is 63.0. The van der Waals surface area contributed by atoms with Crippen LogP contribution < -0.4 is 95.2 Å². The van der Waals surface area contributed by atoms with E-state index in [-0.39, 0.29) is 69.6 Å². The van der Waals surface area contributed by atoms with E-state index < -0.39 is 29.0 Å². The van der Waals surface area contributed by atoms with Crippen LogP contribution in [0.25, 0.3) is 65.9 Å². The summed E-state index contributed by atoms with van der Waals surface area (Å²) in [6, 6.07) is 34.4. The summed E-state index contributed by atoms with van der Waals surface area (Å²) >= 11 is 3.27. The third kappa shape index (κ3) is 27.3. The number of benzene rings is 4. The van der Waals surface area contributed by atoms with Crippen LogP contribution in [-0.4, -0.2) is 122 Å². The van der Waals surface area contributed by atoms with Crippen LogP contribution in [0.15, 0.2) is 143 Å². The largest absolute Gasteiger partial charge is 1.00 e. The quantitative estimate of drug-likeness (QED) is 0.00935. The monoisotopic (exact) mass is 1440 g/mol. The fourth-order valence-electron chi connectivity index (χ4n) is 10.0. The number of pyridine rings is 2. The predicted octanol–water partition coefficient (Wildman–Crippen LogP) is 10.5. The van der Waals surface area contributed by atoms with Crippen molar-refractivity contribution in [2.75, 3.05) is 55.2 Å². The van der Waals surface area contributed by atoms with Crippen molar-refractivity contribution in [3.8, 4) is 28.6 Å². The van der Waals surface area contributed by atoms with Gasteiger partial charge >= 0.3 is 69.7 Å². The SMILES string of the molecule is CC(C)(C)OC(=O)NCCCBr.CC(C)(C)OC(=O)NCCCC#N.CC(C)(C)OC(=O)NCCc1c(-c2ccc3cnccc3c2)noc1NC[C@@H](N)Cc1c[nH]c2ccccc12.NCCc1c(-c2ccc3cnccc3c2)noc1NC[C@@H](N)Cc1c[nH]c2ccccc12.[C-]#N.[K+]. The maximum Gasteiger partial charge on any atom is 1.00 e. The van der Waals surface area contributed by atoms with Gasteiger partial charge in [0.1, 0.15) is 28.2 Å². The fraction of sp³-hybridized carbons (Fsp3) is 0.384. The second kappa shape index (κ2) is 40.6. The van der Waals surface area contributed by atoms with Crippen LogP contribution in [0.1, 0.15) is 104 Å². The minimum absolute atomic E-state index is 0. The van der Waals surface area contributed by atoms with Gasteiger partial charge in [-0.1, -0.05) is 86.9 Å². The molecule has 0 radical (unpaired) electrons. The number of halogens is 1. The summed E-state index contributed by atoms with van der Waals surface area (Å²) in [5.74, 6) is 1.18. The van der Waals surface area contributed by atoms with E-state index in [4.69, 9.17) is 57.6 Å². The van der Waals surface area contributed by atoms with Crippen LogP contribution >= 0.6 is 15.9 Å². The number of nitrogens with two attached hydrogens (primary N) is 3. The molecule has 520 valence electrons. The second-order valence-corrected chi connectivity index (χ2v) is 26.6. The smallest absolute Gasteiger partial charge is 0.512 e. The van der Waals surface area contributed by atoms with E-state index in [2.05, 4.69) is 109 Å². The number of nitrogens with one attached hydrogen (secondary N) is 7. The zero-order chi connectivity index (χ0) is 71.3. The Morgan fingerprint density at radius 1 is 0.596 bits per heavy atom. The summed E-state index contributed by atoms with van der Waals surface area (Å²) in [7, 11) is 0. The first-order valence-corrected chi connectivity index (χ1v) is 33.5. The van der Waals surface area contributed by atoms with Crippen LogP contribution in [0.2, 0.25) is 0 Å². The number of nitriles is 1. The Balaban J connectivity index is 0.000000263. The summed E-state index contributed by atoms with van der Waals surface area (Å²) in [6.45, 7) is 24.3. The van der Waals surface area contributed by atoms with Crippen molar-refractivity contribution in [2.45, 2.75) is 136 Å². The van der Waals surface area contributed by atoms with Gasteiger partial charge in [-0.05, 0) is 166 Å². The molecular formula is C73H92BrKN16O8. The van der Waals surface area contributed by atoms with E-state index in [1.165, 1.54) is 21.9 Å². The van der Waals surface area contributed by atoms with Crippen LogP contribution in [0.4, 0.5) is 26.2 Å². The topological polar surface area (TPSA) is 374 Å². The molecule has 0 saturated carbocycles. The summed E-state index contributed by atoms with van der Waals surface area (Å²) in [6.07, 6.45) is 14.7. The van der Waals surface area contributed by atoms with Gasteiger partial charge in [0, 0.05) is 149 Å². The van der Waals surface area contributed by atoms with Gasteiger partial charge in [0.25, 0.3) is 0 Å². The molecule has 0 saturated heterocycles. The molecule has 0 unspecified atom stereocenters. The molecule has 0 aliphatic rings. The summed E-state index contributed by atoms with van der Waals surface area (Å²) in [5.41, 5.74) is 27.3. The molecule has 2 atom stereocenters. The number of nitrogens with zero attached hydrogens (tertiary/aromatic N) is 6. The van der Waals surface area contributed by atoms with Gasteiger partial charge in [0.05, 0.1) is 6.07 Å². The molecule has 6 aromatic heterocycles. The van der Waals surface area contributed by atoms with Gasteiger partial charge in [0.15, 0.2) is 0 Å². The number of rotatable bonds is 23. The Morgan fingerprint density at radius 3 is 1.42 bits per heavy atom. The Labute approximate surface area is 629 Å². The molecule has 0 spiro atoms. The molecule has 10 rings (SSSR count). The summed E-state index contributed by atoms with van der Waals surface area (Å²) in [5, 5.41) is 45.5. The zero-order valence-electron chi connectivity index (χ0n) is 58.3. The normalized spacial score (nSPS) is 11.7. The standard InChI is InChI=1S/C30H34N6O3.C25H26N6O.C9H16N2O2.C8H16BrNO2.CN.K/c1-30(2,3)38-29(37)33-13-11-25-27(20-8-9-21-16-32-12-10-19(21)14-20)36-39-28(25)35-18-23(31)15-22-17-34-26-7-5-4-6-24(22)26;26-9-7-22-24(17-5-6-18-13-28-10-8-16(18)11-17)31-32-25(22)30-15-20(27)12-19-14-29-23-4-2-1-3-21(19)23;1-9(2,3)13-8(12)11-7-5-4-6-10;1-8(2,3)12-7(11)10-6-4-5-9;1-2;/h4-10,12,14,16-17,23,34-35H,11,13,15,18,31H2,1-3H3,(H,33,37);1-6,8,10-11,13-14,20,29-30H,7,9,12,15,26-27H2;4-5,7H2,1-3H3,(H,11,12);4-6H2,1-3H3,(H,10,11);;/q;;;;-1;+1/t23-;20-;;;;/m00..../s1. The minimum Gasteiger partial charge on any atom is -0.512 e. The number of fused-ring (bicyclic) bond motifs is 4. The van der Waals surface area contributed by atoms with Gasteiger partial charge in [-0.2, -0.15) is 5.26 Å². The number of amides is 3. The number of hydrogen-bond acceptors (Lipinski definition) is 19. The van der Waals surface area contributed by atoms with Gasteiger partial charge in [-0.15, -0.1) is 0 Å². The van der Waals surface area contributed by atoms with E-state index in [9.17, 15) is 14.4 Å². The minimum atomic E-state index is -0.569. The van der Waals surface area contributed by atoms with Gasteiger partial charge in [0.2, 0.25) is 11.8 Å². The summed E-state index contributed by atoms with van der Waals surface area (Å²) < 4.78 is 26.8. The Kier molecular flexibility index (Phi) is 33.3. The number of carbonyl (C=O) groups is 3. The molecule has 4 aromatic carbocycles. The predicted molar refractivity (Wildman–Crippen MR) is 389 cm³/mol. The number of aromatic amines is 2. The van der Waals surface area contributed by atoms with Crippen molar-refractivity contribution in [1.29, 1.82) is 10.5 Å². The molecular weight excluding hydrogens is 1350 g/mol. The molecule has 0 aliphatic heterocycles. The number of anilines is 2. The van der Waals surface area contributed by atoms with Crippen molar-refractivity contribution in [2.24, 2.45) is 17.2 Å². The number of alkyl carbamates (subject to hydrolysis) is 3. The molecule has 26 heteroatoms. The average Bonchev–Trinajstić information content (AvgIpc) is 1.71. The maximum atomic E-state index is 12.2. The van der Waals surface area contributed by atoms with E-state index >= 15 is 0 Å². The molecule has 0 fully saturated rings. The number of H-pyrrole nitrogens is 2. The number of unbranched alkanes of at least 4 members (excludes halogenated alkanes) is 1. The Bertz CT molecular complexity index is 4200. The maximum absolute atomic E-state index is 12.2. The van der Waals surface area contributed by atoms with Crippen LogP contribution in [-0.2, 0) is 39.9 Å². The molecule has 0 aliphatic carbocycles. The number of para-hydroxylation sites is 2. The Morgan fingerprint density at radius 2 is 1.01 bits per heavy atom. The van der Waals surface area contributed by atoms with E-state index in [0.717, 1.165) is 78.7 Å². The fourth-order valence-corrected chi connectivity index (χ4v) is 10.3. The number of hydrogen-bond donors (Lipinski definition) is 10. The third-order valence-corrected chi connectivity index (χ3v) is 14.9. The molecule has 24 nitrogen and oxygen atoms in total. The van der Waals surface area contributed by atoms with Gasteiger partial charge in [-0.25, -0.2) is 14.4 Å². The molecule has 3 amide bonds. The second-order valence-electron chi connectivity index (χ2n) is 25.8. The third-order valence-electron chi connectivity index (χ3n) is 14.3. The number of alkyl halides is 1. The van der Waals surface area contributed by atoms with E-state index in [1.807, 2.05) is 154 Å². The first kappa shape index (κ1) is 81.3. The van der Waals surface area contributed by atoms with Crippen molar-refractivity contribution < 1.29 is 89.0 Å². The first-order chi connectivity index (χ1) is 46.9. The van der Waals surface area contributed by atoms with Crippen molar-refractivity contribution in [3.63, 3.8) is 0 Å². The molecule has 6 heterocycles. The van der Waals surface area contributed by atoms with E-state index in [0.29, 0.717) is 88.8 Å².